The Morgan fingerprint density at radius 3 is 2.94 bits per heavy atom. The van der Waals surface area contributed by atoms with Gasteiger partial charge in [0.15, 0.2) is 0 Å². The van der Waals surface area contributed by atoms with E-state index in [1.165, 1.54) is 6.92 Å². The van der Waals surface area contributed by atoms with E-state index >= 15 is 0 Å². The van der Waals surface area contributed by atoms with Gasteiger partial charge in [0, 0.05) is 0 Å². The molecule has 1 aliphatic rings. The average molecular weight is 247 g/mol. The second kappa shape index (κ2) is 4.36. The van der Waals surface area contributed by atoms with E-state index in [2.05, 4.69) is 5.32 Å². The first-order valence-electron chi connectivity index (χ1n) is 5.75. The van der Waals surface area contributed by atoms with Crippen LogP contribution in [-0.2, 0) is 14.3 Å². The summed E-state index contributed by atoms with van der Waals surface area (Å²) in [4.78, 5) is 23.8. The van der Waals surface area contributed by atoms with E-state index in [9.17, 15) is 9.59 Å². The van der Waals surface area contributed by atoms with E-state index in [4.69, 9.17) is 9.47 Å². The maximum Gasteiger partial charge on any atom is 0.360 e. The third kappa shape index (κ3) is 1.94. The van der Waals surface area contributed by atoms with Crippen molar-refractivity contribution in [1.29, 1.82) is 0 Å². The van der Waals surface area contributed by atoms with E-state index in [1.807, 2.05) is 13.9 Å². The topological polar surface area (TPSA) is 64.6 Å². The summed E-state index contributed by atoms with van der Waals surface area (Å²) in [5.41, 5.74) is -0.0581. The number of rotatable bonds is 2. The molecular formula is C12H14BNO4. The second-order valence-corrected chi connectivity index (χ2v) is 4.31. The SMILES string of the molecule is Bc1ccc2c(c1)NC(=O)C(C)(C(=O)OCC)O2. The number of carbonyl (C=O) groups is 2. The van der Waals surface area contributed by atoms with Gasteiger partial charge in [0.05, 0.1) is 12.3 Å². The summed E-state index contributed by atoms with van der Waals surface area (Å²) in [6, 6.07) is 5.36. The molecule has 5 nitrogen and oxygen atoms in total. The summed E-state index contributed by atoms with van der Waals surface area (Å²) in [6.07, 6.45) is 0. The molecule has 2 rings (SSSR count). The lowest BCUT2D eigenvalue weighted by molar-refractivity contribution is -0.164. The average Bonchev–Trinajstić information content (AvgIpc) is 2.31. The number of amides is 1. The highest BCUT2D eigenvalue weighted by Gasteiger charge is 2.48. The Bertz CT molecular complexity index is 517. The molecule has 0 spiro atoms. The lowest BCUT2D eigenvalue weighted by Crippen LogP contribution is -2.55. The molecule has 0 bridgehead atoms. The normalized spacial score (nSPS) is 21.6. The predicted molar refractivity (Wildman–Crippen MR) is 68.9 cm³/mol. The minimum atomic E-state index is -1.63. The van der Waals surface area contributed by atoms with Gasteiger partial charge in [-0.3, -0.25) is 4.79 Å². The van der Waals surface area contributed by atoms with Crippen molar-refractivity contribution in [1.82, 2.24) is 0 Å². The standard InChI is InChI=1S/C12H14BNO4/c1-3-17-11(16)12(2)10(15)14-8-6-7(13)4-5-9(8)18-12/h4-6H,3,13H2,1-2H3,(H,14,15). The highest BCUT2D eigenvalue weighted by molar-refractivity contribution is 6.33. The van der Waals surface area contributed by atoms with Crippen LogP contribution in [0.4, 0.5) is 5.69 Å². The van der Waals surface area contributed by atoms with Crippen molar-refractivity contribution >= 4 is 30.9 Å². The van der Waals surface area contributed by atoms with Crippen molar-refractivity contribution in [2.24, 2.45) is 0 Å². The number of benzene rings is 1. The number of carbonyl (C=O) groups excluding carboxylic acids is 2. The fraction of sp³-hybridized carbons (Fsp3) is 0.333. The fourth-order valence-electron chi connectivity index (χ4n) is 1.74. The fourth-order valence-corrected chi connectivity index (χ4v) is 1.74. The van der Waals surface area contributed by atoms with Crippen molar-refractivity contribution in [3.63, 3.8) is 0 Å². The predicted octanol–water partition coefficient (Wildman–Crippen LogP) is -0.402. The quantitative estimate of drug-likeness (QED) is 0.438. The molecule has 0 fully saturated rings. The molecule has 0 saturated heterocycles. The number of hydrogen-bond acceptors (Lipinski definition) is 4. The summed E-state index contributed by atoms with van der Waals surface area (Å²) >= 11 is 0. The lowest BCUT2D eigenvalue weighted by atomic mass is 9.94. The largest absolute Gasteiger partial charge is 0.464 e. The Balaban J connectivity index is 2.36. The molecule has 1 aromatic carbocycles. The van der Waals surface area contributed by atoms with Gasteiger partial charge in [-0.25, -0.2) is 4.79 Å². The zero-order chi connectivity index (χ0) is 13.3. The molecule has 6 heteroatoms. The van der Waals surface area contributed by atoms with Gasteiger partial charge in [-0.05, 0) is 26.0 Å². The first-order valence-corrected chi connectivity index (χ1v) is 5.75. The molecule has 1 atom stereocenters. The minimum absolute atomic E-state index is 0.200. The van der Waals surface area contributed by atoms with Gasteiger partial charge in [-0.1, -0.05) is 11.5 Å². The van der Waals surface area contributed by atoms with Gasteiger partial charge in [-0.15, -0.1) is 0 Å². The Labute approximate surface area is 106 Å². The first kappa shape index (κ1) is 12.5. The van der Waals surface area contributed by atoms with Gasteiger partial charge in [-0.2, -0.15) is 0 Å². The Morgan fingerprint density at radius 1 is 1.56 bits per heavy atom. The third-order valence-electron chi connectivity index (χ3n) is 2.80. The van der Waals surface area contributed by atoms with Gasteiger partial charge in [0.2, 0.25) is 0 Å². The smallest absolute Gasteiger partial charge is 0.360 e. The number of hydrogen-bond donors (Lipinski definition) is 1. The molecule has 1 heterocycles. The number of fused-ring (bicyclic) bond motifs is 1. The summed E-state index contributed by atoms with van der Waals surface area (Å²) < 4.78 is 10.4. The minimum Gasteiger partial charge on any atom is -0.464 e. The summed E-state index contributed by atoms with van der Waals surface area (Å²) in [5, 5.41) is 2.67. The molecule has 0 saturated carbocycles. The van der Waals surface area contributed by atoms with Crippen molar-refractivity contribution in [2.45, 2.75) is 19.4 Å². The lowest BCUT2D eigenvalue weighted by Gasteiger charge is -2.32. The van der Waals surface area contributed by atoms with Gasteiger partial charge < -0.3 is 14.8 Å². The van der Waals surface area contributed by atoms with E-state index in [1.54, 1.807) is 19.1 Å². The molecule has 1 N–H and O–H groups in total. The molecule has 1 aliphatic heterocycles. The summed E-state index contributed by atoms with van der Waals surface area (Å²) in [6.45, 7) is 3.29. The Kier molecular flexibility index (Phi) is 3.03. The molecule has 1 unspecified atom stereocenters. The van der Waals surface area contributed by atoms with Crippen LogP contribution in [-0.4, -0.2) is 31.9 Å². The van der Waals surface area contributed by atoms with Crippen LogP contribution in [0.25, 0.3) is 0 Å². The van der Waals surface area contributed by atoms with Crippen molar-refractivity contribution in [3.05, 3.63) is 18.2 Å². The van der Waals surface area contributed by atoms with E-state index in [0.717, 1.165) is 5.46 Å². The Hall–Kier alpha value is -1.98. The van der Waals surface area contributed by atoms with Crippen LogP contribution in [0.3, 0.4) is 0 Å². The number of esters is 1. The van der Waals surface area contributed by atoms with Crippen molar-refractivity contribution in [2.75, 3.05) is 11.9 Å². The summed E-state index contributed by atoms with van der Waals surface area (Å²) in [7, 11) is 1.91. The number of ether oxygens (including phenoxy) is 2. The van der Waals surface area contributed by atoms with Gasteiger partial charge >= 0.3 is 5.97 Å². The molecule has 1 amide bonds. The van der Waals surface area contributed by atoms with E-state index < -0.39 is 17.5 Å². The van der Waals surface area contributed by atoms with Crippen LogP contribution in [0.5, 0.6) is 5.75 Å². The first-order chi connectivity index (χ1) is 8.47. The van der Waals surface area contributed by atoms with Crippen LogP contribution in [0, 0.1) is 0 Å². The summed E-state index contributed by atoms with van der Waals surface area (Å²) in [5.74, 6) is -0.733. The van der Waals surface area contributed by atoms with E-state index in [0.29, 0.717) is 11.4 Å². The second-order valence-electron chi connectivity index (χ2n) is 4.31. The van der Waals surface area contributed by atoms with E-state index in [-0.39, 0.29) is 6.61 Å². The van der Waals surface area contributed by atoms with Crippen molar-refractivity contribution in [3.8, 4) is 5.75 Å². The highest BCUT2D eigenvalue weighted by Crippen LogP contribution is 2.33. The van der Waals surface area contributed by atoms with Crippen LogP contribution < -0.4 is 15.5 Å². The van der Waals surface area contributed by atoms with Crippen molar-refractivity contribution < 1.29 is 19.1 Å². The van der Waals surface area contributed by atoms with Crippen LogP contribution in [0.1, 0.15) is 13.8 Å². The van der Waals surface area contributed by atoms with Gasteiger partial charge in [0.25, 0.3) is 11.5 Å². The van der Waals surface area contributed by atoms with Crippen LogP contribution in [0.15, 0.2) is 18.2 Å². The molecule has 1 aromatic rings. The number of nitrogens with one attached hydrogen (secondary N) is 1. The molecular weight excluding hydrogens is 233 g/mol. The zero-order valence-electron chi connectivity index (χ0n) is 10.6. The maximum atomic E-state index is 12.0. The monoisotopic (exact) mass is 247 g/mol. The molecule has 0 radical (unpaired) electrons. The van der Waals surface area contributed by atoms with Gasteiger partial charge in [0.1, 0.15) is 13.6 Å². The molecule has 0 aromatic heterocycles. The maximum absolute atomic E-state index is 12.0. The molecule has 18 heavy (non-hydrogen) atoms. The van der Waals surface area contributed by atoms with Crippen LogP contribution in [0.2, 0.25) is 0 Å². The number of anilines is 1. The Morgan fingerprint density at radius 2 is 2.28 bits per heavy atom. The molecule has 94 valence electrons. The highest BCUT2D eigenvalue weighted by atomic mass is 16.6. The third-order valence-corrected chi connectivity index (χ3v) is 2.80. The zero-order valence-corrected chi connectivity index (χ0v) is 10.6. The van der Waals surface area contributed by atoms with Crippen LogP contribution >= 0.6 is 0 Å². The molecule has 0 aliphatic carbocycles.